The number of primary amides is 2. The van der Waals surface area contributed by atoms with Gasteiger partial charge in [-0.1, -0.05) is 0 Å². The molecule has 0 rings (SSSR count). The number of nitrogens with two attached hydrogens (primary N) is 2. The minimum atomic E-state index is -0.971. The van der Waals surface area contributed by atoms with E-state index in [4.69, 9.17) is 11.5 Å². The molecule has 0 aromatic carbocycles. The Hall–Kier alpha value is -2.52. The summed E-state index contributed by atoms with van der Waals surface area (Å²) in [5, 5.41) is 3.52. The number of alkyl carbamates (subject to hydrolysis) is 2. The van der Waals surface area contributed by atoms with Crippen molar-refractivity contribution < 1.29 is 28.7 Å². The first-order valence-electron chi connectivity index (χ1n) is 5.88. The maximum atomic E-state index is 10.8. The van der Waals surface area contributed by atoms with Crippen LogP contribution in [0.1, 0.15) is 25.7 Å². The first kappa shape index (κ1) is 17.5. The summed E-state index contributed by atoms with van der Waals surface area (Å²) in [5.41, 5.74) is 9.41. The molecule has 10 heteroatoms. The molecule has 0 spiro atoms. The average molecular weight is 290 g/mol. The van der Waals surface area contributed by atoms with Crippen LogP contribution >= 0.6 is 0 Å². The Labute approximate surface area is 115 Å². The van der Waals surface area contributed by atoms with Gasteiger partial charge >= 0.3 is 24.2 Å². The van der Waals surface area contributed by atoms with Gasteiger partial charge in [-0.25, -0.2) is 29.8 Å². The number of hydrogen-bond acceptors (Lipinski definition) is 6. The highest BCUT2D eigenvalue weighted by atomic mass is 16.6. The van der Waals surface area contributed by atoms with E-state index >= 15 is 0 Å². The van der Waals surface area contributed by atoms with Gasteiger partial charge in [0.1, 0.15) is 0 Å². The molecule has 0 bridgehead atoms. The number of carbonyl (C=O) groups is 4. The zero-order valence-electron chi connectivity index (χ0n) is 10.8. The molecule has 0 saturated carbocycles. The third kappa shape index (κ3) is 12.0. The van der Waals surface area contributed by atoms with Gasteiger partial charge in [-0.3, -0.25) is 0 Å². The van der Waals surface area contributed by atoms with Crippen molar-refractivity contribution >= 4 is 24.2 Å². The third-order valence-electron chi connectivity index (χ3n) is 1.96. The molecule has 0 aromatic rings. The molecular formula is C10H18N4O6. The molecule has 6 amide bonds. The predicted octanol–water partition coefficient (Wildman–Crippen LogP) is 0.157. The van der Waals surface area contributed by atoms with E-state index in [1.54, 1.807) is 10.6 Å². The van der Waals surface area contributed by atoms with Crippen molar-refractivity contribution in [2.24, 2.45) is 11.5 Å². The normalized spacial score (nSPS) is 9.40. The fourth-order valence-corrected chi connectivity index (χ4v) is 1.16. The number of imide groups is 2. The smallest absolute Gasteiger partial charge is 0.415 e. The van der Waals surface area contributed by atoms with Gasteiger partial charge in [-0.05, 0) is 25.7 Å². The van der Waals surface area contributed by atoms with E-state index < -0.39 is 24.2 Å². The summed E-state index contributed by atoms with van der Waals surface area (Å²) in [4.78, 5) is 42.2. The number of ether oxygens (including phenoxy) is 2. The van der Waals surface area contributed by atoms with E-state index in [0.717, 1.165) is 12.8 Å². The molecule has 0 aromatic heterocycles. The zero-order chi connectivity index (χ0) is 15.4. The lowest BCUT2D eigenvalue weighted by atomic mass is 10.2. The molecule has 0 aliphatic heterocycles. The summed E-state index contributed by atoms with van der Waals surface area (Å²) in [7, 11) is 0. The highest BCUT2D eigenvalue weighted by Gasteiger charge is 2.05. The van der Waals surface area contributed by atoms with Crippen LogP contribution in [-0.4, -0.2) is 37.5 Å². The summed E-state index contributed by atoms with van der Waals surface area (Å²) >= 11 is 0. The second-order valence-electron chi connectivity index (χ2n) is 3.66. The summed E-state index contributed by atoms with van der Waals surface area (Å²) in [5.74, 6) is 0. The van der Waals surface area contributed by atoms with Gasteiger partial charge in [-0.2, -0.15) is 0 Å². The Bertz CT molecular complexity index is 326. The van der Waals surface area contributed by atoms with Crippen molar-refractivity contribution in [1.82, 2.24) is 10.6 Å². The largest absolute Gasteiger partial charge is 0.449 e. The molecule has 10 nitrogen and oxygen atoms in total. The van der Waals surface area contributed by atoms with Crippen molar-refractivity contribution in [3.05, 3.63) is 0 Å². The standard InChI is InChI=1S/C10H18N4O6/c11-7(15)13-9(17)19-5-3-1-2-4-6-20-10(18)14-8(12)16/h1-6H2,(H3,11,13,15,17)(H3,12,14,16,18). The van der Waals surface area contributed by atoms with E-state index in [1.807, 2.05) is 0 Å². The lowest BCUT2D eigenvalue weighted by Crippen LogP contribution is -2.35. The average Bonchev–Trinajstić information content (AvgIpc) is 2.30. The van der Waals surface area contributed by atoms with Gasteiger partial charge in [0.25, 0.3) is 0 Å². The van der Waals surface area contributed by atoms with Crippen LogP contribution in [0.25, 0.3) is 0 Å². The Balaban J connectivity index is 3.33. The molecule has 0 saturated heterocycles. The van der Waals surface area contributed by atoms with Crippen LogP contribution in [0.5, 0.6) is 0 Å². The van der Waals surface area contributed by atoms with E-state index in [9.17, 15) is 19.2 Å². The SMILES string of the molecule is NC(=O)NC(=O)OCCCCCCOC(=O)NC(N)=O. The molecule has 0 atom stereocenters. The quantitative estimate of drug-likeness (QED) is 0.488. The van der Waals surface area contributed by atoms with Gasteiger partial charge in [0.15, 0.2) is 0 Å². The van der Waals surface area contributed by atoms with Crippen LogP contribution in [-0.2, 0) is 9.47 Å². The number of urea groups is 2. The molecule has 0 aliphatic rings. The molecular weight excluding hydrogens is 272 g/mol. The molecule has 20 heavy (non-hydrogen) atoms. The van der Waals surface area contributed by atoms with Crippen LogP contribution in [0.15, 0.2) is 0 Å². The molecule has 0 radical (unpaired) electrons. The summed E-state index contributed by atoms with van der Waals surface area (Å²) < 4.78 is 9.29. The van der Waals surface area contributed by atoms with Crippen LogP contribution in [0.3, 0.4) is 0 Å². The molecule has 0 heterocycles. The zero-order valence-corrected chi connectivity index (χ0v) is 10.8. The van der Waals surface area contributed by atoms with Crippen LogP contribution < -0.4 is 22.1 Å². The fraction of sp³-hybridized carbons (Fsp3) is 0.600. The number of rotatable bonds is 7. The van der Waals surface area contributed by atoms with Gasteiger partial charge < -0.3 is 20.9 Å². The number of unbranched alkanes of at least 4 members (excludes halogenated alkanes) is 3. The summed E-state index contributed by atoms with van der Waals surface area (Å²) in [6, 6.07) is -1.94. The van der Waals surface area contributed by atoms with Crippen LogP contribution in [0.4, 0.5) is 19.2 Å². The molecule has 114 valence electrons. The van der Waals surface area contributed by atoms with Crippen molar-refractivity contribution in [3.8, 4) is 0 Å². The third-order valence-corrected chi connectivity index (χ3v) is 1.96. The monoisotopic (exact) mass is 290 g/mol. The van der Waals surface area contributed by atoms with E-state index in [-0.39, 0.29) is 13.2 Å². The predicted molar refractivity (Wildman–Crippen MR) is 66.6 cm³/mol. The van der Waals surface area contributed by atoms with Crippen molar-refractivity contribution in [2.45, 2.75) is 25.7 Å². The first-order chi connectivity index (χ1) is 9.41. The second kappa shape index (κ2) is 10.4. The summed E-state index contributed by atoms with van der Waals surface area (Å²) in [6.45, 7) is 0.310. The van der Waals surface area contributed by atoms with Gasteiger partial charge in [-0.15, -0.1) is 0 Å². The Kier molecular flexibility index (Phi) is 9.10. The van der Waals surface area contributed by atoms with Gasteiger partial charge in [0, 0.05) is 0 Å². The van der Waals surface area contributed by atoms with Crippen molar-refractivity contribution in [2.75, 3.05) is 13.2 Å². The number of nitrogens with one attached hydrogen (secondary N) is 2. The maximum absolute atomic E-state index is 10.8. The fourth-order valence-electron chi connectivity index (χ4n) is 1.16. The van der Waals surface area contributed by atoms with Gasteiger partial charge in [0.05, 0.1) is 13.2 Å². The van der Waals surface area contributed by atoms with Gasteiger partial charge in [0.2, 0.25) is 0 Å². The lowest BCUT2D eigenvalue weighted by molar-refractivity contribution is 0.140. The molecule has 6 N–H and O–H groups in total. The molecule has 0 aliphatic carbocycles. The number of hydrogen-bond donors (Lipinski definition) is 4. The van der Waals surface area contributed by atoms with Crippen molar-refractivity contribution in [3.63, 3.8) is 0 Å². The topological polar surface area (TPSA) is 163 Å². The van der Waals surface area contributed by atoms with E-state index in [0.29, 0.717) is 12.8 Å². The summed E-state index contributed by atoms with van der Waals surface area (Å²) in [6.07, 6.45) is 0.905. The minimum Gasteiger partial charge on any atom is -0.449 e. The number of amides is 6. The lowest BCUT2D eigenvalue weighted by Gasteiger charge is -2.05. The van der Waals surface area contributed by atoms with E-state index in [2.05, 4.69) is 9.47 Å². The van der Waals surface area contributed by atoms with Crippen LogP contribution in [0, 0.1) is 0 Å². The minimum absolute atomic E-state index is 0.155. The van der Waals surface area contributed by atoms with Crippen molar-refractivity contribution in [1.29, 1.82) is 0 Å². The molecule has 0 unspecified atom stereocenters. The highest BCUT2D eigenvalue weighted by Crippen LogP contribution is 2.00. The highest BCUT2D eigenvalue weighted by molar-refractivity contribution is 5.89. The Morgan fingerprint density at radius 3 is 1.35 bits per heavy atom. The first-order valence-corrected chi connectivity index (χ1v) is 5.88. The molecule has 0 fully saturated rings. The van der Waals surface area contributed by atoms with E-state index in [1.165, 1.54) is 0 Å². The Morgan fingerprint density at radius 2 is 1.05 bits per heavy atom. The van der Waals surface area contributed by atoms with Crippen LogP contribution in [0.2, 0.25) is 0 Å². The Morgan fingerprint density at radius 1 is 0.700 bits per heavy atom. The second-order valence-corrected chi connectivity index (χ2v) is 3.66. The maximum Gasteiger partial charge on any atom is 0.415 e. The number of carbonyl (C=O) groups excluding carboxylic acids is 4.